The summed E-state index contributed by atoms with van der Waals surface area (Å²) in [5.41, 5.74) is -0.325. The molecule has 1 aliphatic carbocycles. The molecule has 7 heteroatoms. The van der Waals surface area contributed by atoms with Crippen LogP contribution in [0.5, 0.6) is 0 Å². The maximum Gasteiger partial charge on any atom is 0.456 e. The highest BCUT2D eigenvalue weighted by atomic mass is 79.9. The van der Waals surface area contributed by atoms with Gasteiger partial charge < -0.3 is 4.40 Å². The molecule has 2 heterocycles. The van der Waals surface area contributed by atoms with Gasteiger partial charge in [-0.25, -0.2) is 4.98 Å². The van der Waals surface area contributed by atoms with Crippen molar-refractivity contribution in [2.45, 2.75) is 24.9 Å². The molecule has 0 aliphatic heterocycles. The van der Waals surface area contributed by atoms with Crippen LogP contribution in [0.25, 0.3) is 5.52 Å². The molecule has 1 saturated carbocycles. The Labute approximate surface area is 114 Å². The topological polar surface area (TPSA) is 34.4 Å². The zero-order chi connectivity index (χ0) is 13.8. The third-order valence-electron chi connectivity index (χ3n) is 3.05. The predicted octanol–water partition coefficient (Wildman–Crippen LogP) is 3.72. The van der Waals surface area contributed by atoms with Crippen LogP contribution in [0.3, 0.4) is 0 Å². The summed E-state index contributed by atoms with van der Waals surface area (Å²) in [4.78, 5) is 15.4. The van der Waals surface area contributed by atoms with Gasteiger partial charge in [-0.15, -0.1) is 0 Å². The first-order valence-electron chi connectivity index (χ1n) is 5.67. The van der Waals surface area contributed by atoms with Crippen LogP contribution in [0.2, 0.25) is 0 Å². The second-order valence-corrected chi connectivity index (χ2v) is 5.44. The molecule has 2 aromatic rings. The van der Waals surface area contributed by atoms with Crippen molar-refractivity contribution >= 4 is 27.2 Å². The summed E-state index contributed by atoms with van der Waals surface area (Å²) >= 11 is 3.19. The number of aromatic nitrogens is 2. The van der Waals surface area contributed by atoms with Gasteiger partial charge in [0, 0.05) is 16.6 Å². The lowest BCUT2D eigenvalue weighted by molar-refractivity contribution is -0.0887. The molecule has 0 radical (unpaired) electrons. The van der Waals surface area contributed by atoms with Crippen molar-refractivity contribution in [3.8, 4) is 0 Å². The summed E-state index contributed by atoms with van der Waals surface area (Å²) in [6.07, 6.45) is -1.48. The first-order chi connectivity index (χ1) is 8.88. The molecule has 0 bridgehead atoms. The molecule has 0 N–H and O–H groups in total. The molecule has 1 aliphatic rings. The molecule has 0 saturated heterocycles. The van der Waals surface area contributed by atoms with Crippen LogP contribution in [-0.2, 0) is 0 Å². The van der Waals surface area contributed by atoms with Crippen LogP contribution in [0.4, 0.5) is 13.2 Å². The number of hydrogen-bond acceptors (Lipinski definition) is 2. The zero-order valence-electron chi connectivity index (χ0n) is 9.54. The molecule has 0 atom stereocenters. The van der Waals surface area contributed by atoms with E-state index in [1.54, 1.807) is 16.7 Å². The minimum Gasteiger partial charge on any atom is -0.303 e. The number of nitrogens with zero attached hydrogens (tertiary/aromatic N) is 2. The van der Waals surface area contributed by atoms with Crippen LogP contribution in [-0.4, -0.2) is 21.3 Å². The number of hydrogen-bond donors (Lipinski definition) is 0. The number of rotatable bonds is 2. The Morgan fingerprint density at radius 3 is 2.68 bits per heavy atom. The molecule has 3 rings (SSSR count). The highest BCUT2D eigenvalue weighted by molar-refractivity contribution is 9.10. The molecule has 1 fully saturated rings. The molecule has 0 unspecified atom stereocenters. The number of fused-ring (bicyclic) bond motifs is 1. The van der Waals surface area contributed by atoms with Crippen molar-refractivity contribution in [1.82, 2.24) is 9.38 Å². The maximum absolute atomic E-state index is 12.6. The molecule has 0 amide bonds. The summed E-state index contributed by atoms with van der Waals surface area (Å²) in [5, 5.41) is 0. The fourth-order valence-corrected chi connectivity index (χ4v) is 2.35. The summed E-state index contributed by atoms with van der Waals surface area (Å²) in [6, 6.07) is 3.19. The van der Waals surface area contributed by atoms with Gasteiger partial charge in [0.25, 0.3) is 5.78 Å². The van der Waals surface area contributed by atoms with Gasteiger partial charge in [-0.3, -0.25) is 4.79 Å². The van der Waals surface area contributed by atoms with Crippen LogP contribution >= 0.6 is 15.9 Å². The van der Waals surface area contributed by atoms with E-state index in [1.807, 2.05) is 0 Å². The summed E-state index contributed by atoms with van der Waals surface area (Å²) in [5.74, 6) is -1.20. The SMILES string of the molecule is O=C(c1nc(C2CC2)n2ccc(Br)cc12)C(F)(F)F. The fraction of sp³-hybridized carbons (Fsp3) is 0.333. The number of carbonyl (C=O) groups excluding carboxylic acids is 1. The molecule has 0 aromatic carbocycles. The molecule has 2 aromatic heterocycles. The standard InChI is InChI=1S/C12H8BrF3N2O/c13-7-3-4-18-8(5-7)9(10(19)12(14,15)16)17-11(18)6-1-2-6/h3-6H,1-2H2. The lowest BCUT2D eigenvalue weighted by atomic mass is 10.2. The van der Waals surface area contributed by atoms with Gasteiger partial charge in [0.05, 0.1) is 5.52 Å². The van der Waals surface area contributed by atoms with E-state index in [9.17, 15) is 18.0 Å². The molecule has 100 valence electrons. The van der Waals surface area contributed by atoms with Crippen LogP contribution in [0, 0.1) is 0 Å². The highest BCUT2D eigenvalue weighted by Gasteiger charge is 2.43. The third kappa shape index (κ3) is 2.16. The van der Waals surface area contributed by atoms with Gasteiger partial charge in [-0.2, -0.15) is 13.2 Å². The minimum absolute atomic E-state index is 0.156. The summed E-state index contributed by atoms with van der Waals surface area (Å²) in [7, 11) is 0. The van der Waals surface area contributed by atoms with Gasteiger partial charge in [0.1, 0.15) is 11.5 Å². The van der Waals surface area contributed by atoms with Crippen molar-refractivity contribution in [3.05, 3.63) is 34.3 Å². The van der Waals surface area contributed by atoms with Gasteiger partial charge in [0.15, 0.2) is 0 Å². The van der Waals surface area contributed by atoms with E-state index >= 15 is 0 Å². The first-order valence-corrected chi connectivity index (χ1v) is 6.46. The van der Waals surface area contributed by atoms with Crippen molar-refractivity contribution in [2.24, 2.45) is 0 Å². The zero-order valence-corrected chi connectivity index (χ0v) is 11.1. The highest BCUT2D eigenvalue weighted by Crippen LogP contribution is 2.40. The number of pyridine rings is 1. The average molecular weight is 333 g/mol. The van der Waals surface area contributed by atoms with E-state index in [2.05, 4.69) is 20.9 Å². The Bertz CT molecular complexity index is 673. The lowest BCUT2D eigenvalue weighted by Crippen LogP contribution is -2.23. The second-order valence-electron chi connectivity index (χ2n) is 4.52. The minimum atomic E-state index is -4.90. The van der Waals surface area contributed by atoms with Crippen LogP contribution in [0.1, 0.15) is 35.1 Å². The van der Waals surface area contributed by atoms with E-state index in [0.29, 0.717) is 10.3 Å². The molecule has 3 nitrogen and oxygen atoms in total. The Hall–Kier alpha value is -1.37. The van der Waals surface area contributed by atoms with Crippen molar-refractivity contribution in [3.63, 3.8) is 0 Å². The van der Waals surface area contributed by atoms with E-state index in [0.717, 1.165) is 12.8 Å². The number of halogens is 4. The molecular formula is C12H8BrF3N2O. The molecule has 19 heavy (non-hydrogen) atoms. The number of ketones is 1. The van der Waals surface area contributed by atoms with Crippen LogP contribution in [0.15, 0.2) is 22.8 Å². The Morgan fingerprint density at radius 1 is 1.42 bits per heavy atom. The molecular weight excluding hydrogens is 325 g/mol. The first kappa shape index (κ1) is 12.7. The van der Waals surface area contributed by atoms with E-state index in [-0.39, 0.29) is 11.4 Å². The third-order valence-corrected chi connectivity index (χ3v) is 3.54. The normalized spacial score (nSPS) is 16.0. The lowest BCUT2D eigenvalue weighted by Gasteiger charge is -2.02. The van der Waals surface area contributed by atoms with Crippen LogP contribution < -0.4 is 0 Å². The summed E-state index contributed by atoms with van der Waals surface area (Å²) < 4.78 is 39.9. The van der Waals surface area contributed by atoms with Gasteiger partial charge in [0.2, 0.25) is 0 Å². The Kier molecular flexibility index (Phi) is 2.70. The smallest absolute Gasteiger partial charge is 0.303 e. The van der Waals surface area contributed by atoms with Gasteiger partial charge in [-0.05, 0) is 25.0 Å². The number of imidazole rings is 1. The van der Waals surface area contributed by atoms with E-state index in [1.165, 1.54) is 6.07 Å². The average Bonchev–Trinajstić information content (AvgIpc) is 3.09. The Morgan fingerprint density at radius 2 is 2.11 bits per heavy atom. The van der Waals surface area contributed by atoms with Crippen molar-refractivity contribution < 1.29 is 18.0 Å². The van der Waals surface area contributed by atoms with Crippen molar-refractivity contribution in [2.75, 3.05) is 0 Å². The number of carbonyl (C=O) groups is 1. The van der Waals surface area contributed by atoms with E-state index in [4.69, 9.17) is 0 Å². The van der Waals surface area contributed by atoms with Crippen molar-refractivity contribution in [1.29, 1.82) is 0 Å². The summed E-state index contributed by atoms with van der Waals surface area (Å²) in [6.45, 7) is 0. The van der Waals surface area contributed by atoms with Gasteiger partial charge >= 0.3 is 6.18 Å². The largest absolute Gasteiger partial charge is 0.456 e. The maximum atomic E-state index is 12.6. The molecule has 0 spiro atoms. The monoisotopic (exact) mass is 332 g/mol. The fourth-order valence-electron chi connectivity index (χ4n) is 2.01. The predicted molar refractivity (Wildman–Crippen MR) is 65.3 cm³/mol. The quantitative estimate of drug-likeness (QED) is 0.785. The Balaban J connectivity index is 2.23. The van der Waals surface area contributed by atoms with Gasteiger partial charge in [-0.1, -0.05) is 15.9 Å². The number of Topliss-reactive ketones (excluding diaryl/α,β-unsaturated/α-hetero) is 1. The van der Waals surface area contributed by atoms with E-state index < -0.39 is 17.7 Å². The number of alkyl halides is 3. The second kappa shape index (κ2) is 4.06.